The van der Waals surface area contributed by atoms with E-state index in [-0.39, 0.29) is 25.0 Å². The second-order valence-corrected chi connectivity index (χ2v) is 11.8. The van der Waals surface area contributed by atoms with Gasteiger partial charge in [-0.25, -0.2) is 18.9 Å². The van der Waals surface area contributed by atoms with Gasteiger partial charge in [0.1, 0.15) is 23.7 Å². The molecule has 1 aliphatic carbocycles. The molecule has 234 valence electrons. The number of aromatic amines is 1. The van der Waals surface area contributed by atoms with Crippen molar-refractivity contribution in [3.63, 3.8) is 0 Å². The van der Waals surface area contributed by atoms with E-state index in [0.29, 0.717) is 53.4 Å². The number of amides is 1. The first kappa shape index (κ1) is 31.5. The van der Waals surface area contributed by atoms with Crippen molar-refractivity contribution >= 4 is 42.0 Å². The van der Waals surface area contributed by atoms with Crippen LogP contribution in [0.2, 0.25) is 0 Å². The molecule has 0 radical (unpaired) electrons. The molecule has 1 fully saturated rings. The minimum absolute atomic E-state index is 0.0225. The molecular formula is C29H35FN7O6P. The predicted molar refractivity (Wildman–Crippen MR) is 162 cm³/mol. The van der Waals surface area contributed by atoms with Crippen molar-refractivity contribution in [2.45, 2.75) is 44.6 Å². The number of anilines is 3. The van der Waals surface area contributed by atoms with Crippen LogP contribution in [0, 0.1) is 11.7 Å². The number of rotatable bonds is 15. The first-order valence-corrected chi connectivity index (χ1v) is 15.9. The largest absolute Gasteiger partial charge is 0.493 e. The first-order valence-electron chi connectivity index (χ1n) is 14.4. The summed E-state index contributed by atoms with van der Waals surface area (Å²) in [6, 6.07) is 13.1. The second kappa shape index (κ2) is 14.7. The molecule has 1 saturated carbocycles. The third kappa shape index (κ3) is 9.28. The molecule has 13 nitrogen and oxygen atoms in total. The van der Waals surface area contributed by atoms with Crippen LogP contribution in [0.15, 0.2) is 54.9 Å². The summed E-state index contributed by atoms with van der Waals surface area (Å²) in [5, 5.41) is 17.0. The minimum Gasteiger partial charge on any atom is -0.493 e. The number of halogens is 1. The standard InChI is InChI=1S/C29H35FN7O6P/c30-20-6-3-7-21(14-20)34-28(38)16-22-15-27(37-36-22)35-29-24-9-8-23(17-26(24)32-18-33-29)42-12-10-25(19-4-1-2-5-19)31-11-13-43-44(39,40)41/h3,6-9,14-15,17-19,25,31H,1-2,4-5,10-13,16H2,(H,34,38)(H2,39,40,41)(H2,32,33,35,36,37). The lowest BCUT2D eigenvalue weighted by atomic mass is 9.95. The molecule has 4 aromatic rings. The molecule has 0 saturated heterocycles. The van der Waals surface area contributed by atoms with Gasteiger partial charge in [0.2, 0.25) is 5.91 Å². The van der Waals surface area contributed by atoms with Crippen LogP contribution in [0.4, 0.5) is 21.7 Å². The van der Waals surface area contributed by atoms with E-state index >= 15 is 0 Å². The van der Waals surface area contributed by atoms with E-state index in [1.807, 2.05) is 18.2 Å². The molecule has 5 rings (SSSR count). The molecule has 1 atom stereocenters. The summed E-state index contributed by atoms with van der Waals surface area (Å²) < 4.78 is 35.0. The highest BCUT2D eigenvalue weighted by Crippen LogP contribution is 2.35. The average molecular weight is 628 g/mol. The quantitative estimate of drug-likeness (QED) is 0.0809. The van der Waals surface area contributed by atoms with Crippen LogP contribution >= 0.6 is 7.82 Å². The van der Waals surface area contributed by atoms with Gasteiger partial charge in [-0.15, -0.1) is 0 Å². The van der Waals surface area contributed by atoms with E-state index in [0.717, 1.165) is 24.6 Å². The smallest absolute Gasteiger partial charge is 0.469 e. The molecule has 0 spiro atoms. The lowest BCUT2D eigenvalue weighted by molar-refractivity contribution is -0.115. The Morgan fingerprint density at radius 1 is 1.11 bits per heavy atom. The monoisotopic (exact) mass is 627 g/mol. The summed E-state index contributed by atoms with van der Waals surface area (Å²) >= 11 is 0. The maximum Gasteiger partial charge on any atom is 0.469 e. The van der Waals surface area contributed by atoms with Gasteiger partial charge < -0.3 is 30.5 Å². The third-order valence-electron chi connectivity index (χ3n) is 7.38. The number of hydrogen-bond donors (Lipinski definition) is 6. The van der Waals surface area contributed by atoms with Crippen molar-refractivity contribution in [2.75, 3.05) is 30.4 Å². The first-order chi connectivity index (χ1) is 21.2. The molecule has 2 aromatic heterocycles. The van der Waals surface area contributed by atoms with E-state index in [1.54, 1.807) is 12.1 Å². The number of hydrogen-bond acceptors (Lipinski definition) is 9. The van der Waals surface area contributed by atoms with Gasteiger partial charge in [-0.3, -0.25) is 14.4 Å². The summed E-state index contributed by atoms with van der Waals surface area (Å²) in [5.41, 5.74) is 1.61. The summed E-state index contributed by atoms with van der Waals surface area (Å²) in [6.45, 7) is 0.729. The molecule has 1 amide bonds. The Morgan fingerprint density at radius 2 is 1.95 bits per heavy atom. The highest BCUT2D eigenvalue weighted by Gasteiger charge is 2.25. The van der Waals surface area contributed by atoms with Crippen molar-refractivity contribution in [1.29, 1.82) is 0 Å². The Morgan fingerprint density at radius 3 is 2.75 bits per heavy atom. The topological polar surface area (TPSA) is 184 Å². The molecule has 0 aliphatic heterocycles. The van der Waals surface area contributed by atoms with E-state index in [1.165, 1.54) is 37.4 Å². The Kier molecular flexibility index (Phi) is 10.5. The van der Waals surface area contributed by atoms with Crippen LogP contribution in [0.25, 0.3) is 10.9 Å². The fraction of sp³-hybridized carbons (Fsp3) is 0.379. The fourth-order valence-electron chi connectivity index (χ4n) is 5.38. The van der Waals surface area contributed by atoms with Gasteiger partial charge in [0, 0.05) is 41.5 Å². The molecular weight excluding hydrogens is 592 g/mol. The molecule has 0 bridgehead atoms. The van der Waals surface area contributed by atoms with E-state index in [9.17, 15) is 13.8 Å². The molecule has 15 heteroatoms. The van der Waals surface area contributed by atoms with Crippen LogP contribution in [-0.2, 0) is 20.3 Å². The van der Waals surface area contributed by atoms with E-state index in [4.69, 9.17) is 14.5 Å². The molecule has 1 unspecified atom stereocenters. The number of ether oxygens (including phenoxy) is 1. The number of nitrogens with zero attached hydrogens (tertiary/aromatic N) is 3. The SMILES string of the molecule is O=C(Cc1cc(Nc2ncnc3cc(OCCC(NCCOP(=O)(O)O)C4CCCC4)ccc23)n[nH]1)Nc1cccc(F)c1. The zero-order chi connectivity index (χ0) is 30.9. The summed E-state index contributed by atoms with van der Waals surface area (Å²) in [5.74, 6) is 1.39. The summed E-state index contributed by atoms with van der Waals surface area (Å²) in [4.78, 5) is 38.9. The van der Waals surface area contributed by atoms with Crippen LogP contribution < -0.4 is 20.7 Å². The van der Waals surface area contributed by atoms with Gasteiger partial charge in [-0.1, -0.05) is 18.9 Å². The van der Waals surface area contributed by atoms with Crippen LogP contribution in [0.5, 0.6) is 5.75 Å². The molecule has 2 aromatic carbocycles. The van der Waals surface area contributed by atoms with Crippen LogP contribution in [-0.4, -0.2) is 61.7 Å². The normalized spacial score (nSPS) is 14.5. The van der Waals surface area contributed by atoms with Crippen molar-refractivity contribution in [1.82, 2.24) is 25.5 Å². The van der Waals surface area contributed by atoms with E-state index in [2.05, 4.69) is 40.6 Å². The van der Waals surface area contributed by atoms with Gasteiger partial charge in [-0.2, -0.15) is 5.10 Å². The number of benzene rings is 2. The lowest BCUT2D eigenvalue weighted by Gasteiger charge is -2.25. The molecule has 2 heterocycles. The zero-order valence-corrected chi connectivity index (χ0v) is 24.8. The second-order valence-electron chi connectivity index (χ2n) is 10.6. The summed E-state index contributed by atoms with van der Waals surface area (Å²) in [7, 11) is -4.48. The number of fused-ring (bicyclic) bond motifs is 1. The Balaban J connectivity index is 1.15. The summed E-state index contributed by atoms with van der Waals surface area (Å²) in [6.07, 6.45) is 6.77. The van der Waals surface area contributed by atoms with Crippen molar-refractivity contribution in [3.8, 4) is 5.75 Å². The number of H-pyrrole nitrogens is 1. The van der Waals surface area contributed by atoms with Crippen LogP contribution in [0.3, 0.4) is 0 Å². The Labute approximate surface area is 253 Å². The zero-order valence-electron chi connectivity index (χ0n) is 23.9. The van der Waals surface area contributed by atoms with Gasteiger partial charge in [0.05, 0.1) is 25.2 Å². The van der Waals surface area contributed by atoms with Crippen molar-refractivity contribution < 1.29 is 32.8 Å². The van der Waals surface area contributed by atoms with Crippen LogP contribution in [0.1, 0.15) is 37.8 Å². The number of carbonyl (C=O) groups is 1. The van der Waals surface area contributed by atoms with Crippen molar-refractivity contribution in [2.24, 2.45) is 5.92 Å². The van der Waals surface area contributed by atoms with Crippen molar-refractivity contribution in [3.05, 3.63) is 66.4 Å². The minimum atomic E-state index is -4.48. The third-order valence-corrected chi connectivity index (χ3v) is 7.90. The maximum atomic E-state index is 13.4. The molecule has 1 aliphatic rings. The number of carbonyl (C=O) groups excluding carboxylic acids is 1. The molecule has 6 N–H and O–H groups in total. The predicted octanol–water partition coefficient (Wildman–Crippen LogP) is 4.44. The number of aromatic nitrogens is 4. The van der Waals surface area contributed by atoms with Gasteiger partial charge in [0.15, 0.2) is 5.82 Å². The maximum absolute atomic E-state index is 13.4. The highest BCUT2D eigenvalue weighted by molar-refractivity contribution is 7.46. The Hall–Kier alpha value is -3.94. The van der Waals surface area contributed by atoms with Gasteiger partial charge in [0.25, 0.3) is 0 Å². The lowest BCUT2D eigenvalue weighted by Crippen LogP contribution is -2.38. The van der Waals surface area contributed by atoms with Gasteiger partial charge >= 0.3 is 7.82 Å². The average Bonchev–Trinajstić information content (AvgIpc) is 3.66. The Bertz CT molecular complexity index is 1610. The number of phosphoric ester groups is 1. The number of phosphoric acid groups is 1. The van der Waals surface area contributed by atoms with Gasteiger partial charge in [-0.05, 0) is 55.5 Å². The van der Waals surface area contributed by atoms with E-state index < -0.39 is 13.6 Å². The number of nitrogens with one attached hydrogen (secondary N) is 4. The highest BCUT2D eigenvalue weighted by atomic mass is 31.2. The fourth-order valence-corrected chi connectivity index (χ4v) is 5.71. The molecule has 44 heavy (non-hydrogen) atoms.